The van der Waals surface area contributed by atoms with E-state index in [1.165, 1.54) is 26.8 Å². The Hall–Kier alpha value is -1.35. The van der Waals surface area contributed by atoms with Gasteiger partial charge in [0.2, 0.25) is 0 Å². The van der Waals surface area contributed by atoms with Gasteiger partial charge in [-0.25, -0.2) is 0 Å². The van der Waals surface area contributed by atoms with E-state index >= 15 is 0 Å². The topological polar surface area (TPSA) is 3.24 Å². The first-order valence-corrected chi connectivity index (χ1v) is 7.93. The fourth-order valence-electron chi connectivity index (χ4n) is 3.27. The second kappa shape index (κ2) is 5.80. The predicted octanol–water partition coefficient (Wildman–Crippen LogP) is 4.90. The van der Waals surface area contributed by atoms with Crippen LogP contribution < -0.4 is 0 Å². The number of thiophene rings is 1. The normalized spacial score (nSPS) is 18.2. The second-order valence-electron chi connectivity index (χ2n) is 5.67. The number of hydrogen-bond donors (Lipinski definition) is 0. The van der Waals surface area contributed by atoms with Crippen molar-refractivity contribution in [2.45, 2.75) is 12.5 Å². The fraction of sp³-hybridized carbons (Fsp3) is 0.222. The molecule has 3 heteroatoms. The van der Waals surface area contributed by atoms with E-state index in [-0.39, 0.29) is 12.4 Å². The van der Waals surface area contributed by atoms with Crippen LogP contribution in [0.4, 0.5) is 0 Å². The number of fused-ring (bicyclic) bond motifs is 2. The minimum Gasteiger partial charge on any atom is -0.301 e. The lowest BCUT2D eigenvalue weighted by Crippen LogP contribution is -2.30. The summed E-state index contributed by atoms with van der Waals surface area (Å²) in [6.07, 6.45) is 0. The predicted molar refractivity (Wildman–Crippen MR) is 93.7 cm³/mol. The minimum absolute atomic E-state index is 0. The van der Waals surface area contributed by atoms with Gasteiger partial charge in [-0.3, -0.25) is 0 Å². The van der Waals surface area contributed by atoms with Crippen molar-refractivity contribution in [2.75, 3.05) is 13.6 Å². The number of likely N-dealkylation sites (N-methyl/N-ethyl adjacent to an activating group) is 1. The SMILES string of the molecule is CN1Cc2ccccc2C(c2ccc3sccc3c2)C1.Cl. The van der Waals surface area contributed by atoms with Gasteiger partial charge in [0.1, 0.15) is 0 Å². The number of rotatable bonds is 1. The number of benzene rings is 2. The molecule has 3 aromatic rings. The van der Waals surface area contributed by atoms with Crippen LogP contribution >= 0.6 is 23.7 Å². The molecule has 0 saturated carbocycles. The summed E-state index contributed by atoms with van der Waals surface area (Å²) in [6, 6.07) is 18.0. The molecule has 1 unspecified atom stereocenters. The Labute approximate surface area is 135 Å². The van der Waals surface area contributed by atoms with Gasteiger partial charge in [0.05, 0.1) is 0 Å². The van der Waals surface area contributed by atoms with Crippen molar-refractivity contribution in [1.82, 2.24) is 4.90 Å². The van der Waals surface area contributed by atoms with E-state index in [9.17, 15) is 0 Å². The molecule has 0 aliphatic carbocycles. The molecular weight excluding hydrogens is 298 g/mol. The van der Waals surface area contributed by atoms with Crippen molar-refractivity contribution in [2.24, 2.45) is 0 Å². The molecule has 4 rings (SSSR count). The third-order valence-corrected chi connectivity index (χ3v) is 5.14. The van der Waals surface area contributed by atoms with Crippen LogP contribution in [0, 0.1) is 0 Å². The van der Waals surface area contributed by atoms with Gasteiger partial charge >= 0.3 is 0 Å². The van der Waals surface area contributed by atoms with Crippen molar-refractivity contribution >= 4 is 33.8 Å². The molecule has 108 valence electrons. The zero-order chi connectivity index (χ0) is 13.5. The molecule has 0 N–H and O–H groups in total. The Morgan fingerprint density at radius 1 is 1.10 bits per heavy atom. The molecule has 2 aromatic carbocycles. The maximum atomic E-state index is 2.42. The summed E-state index contributed by atoms with van der Waals surface area (Å²) in [7, 11) is 2.21. The molecule has 1 nitrogen and oxygen atoms in total. The molecule has 0 radical (unpaired) electrons. The lowest BCUT2D eigenvalue weighted by molar-refractivity contribution is 0.295. The summed E-state index contributed by atoms with van der Waals surface area (Å²) in [5.41, 5.74) is 4.41. The highest BCUT2D eigenvalue weighted by molar-refractivity contribution is 7.17. The number of hydrogen-bond acceptors (Lipinski definition) is 2. The highest BCUT2D eigenvalue weighted by Crippen LogP contribution is 2.34. The number of halogens is 1. The van der Waals surface area contributed by atoms with Gasteiger partial charge in [-0.15, -0.1) is 23.7 Å². The van der Waals surface area contributed by atoms with Crippen LogP contribution in [0.25, 0.3) is 10.1 Å². The summed E-state index contributed by atoms with van der Waals surface area (Å²) < 4.78 is 1.38. The Kier molecular flexibility index (Phi) is 4.03. The van der Waals surface area contributed by atoms with E-state index in [0.29, 0.717) is 5.92 Å². The molecule has 0 amide bonds. The maximum absolute atomic E-state index is 2.42. The summed E-state index contributed by atoms with van der Waals surface area (Å²) in [4.78, 5) is 2.42. The molecular formula is C18H18ClNS. The zero-order valence-corrected chi connectivity index (χ0v) is 13.6. The van der Waals surface area contributed by atoms with Crippen LogP contribution in [0.2, 0.25) is 0 Å². The molecule has 0 bridgehead atoms. The Morgan fingerprint density at radius 3 is 2.86 bits per heavy atom. The van der Waals surface area contributed by atoms with E-state index in [1.54, 1.807) is 0 Å². The highest BCUT2D eigenvalue weighted by atomic mass is 35.5. The summed E-state index contributed by atoms with van der Waals surface area (Å²) in [5.74, 6) is 0.495. The van der Waals surface area contributed by atoms with E-state index < -0.39 is 0 Å². The lowest BCUT2D eigenvalue weighted by Gasteiger charge is -2.32. The Morgan fingerprint density at radius 2 is 1.95 bits per heavy atom. The zero-order valence-electron chi connectivity index (χ0n) is 12.0. The summed E-state index contributed by atoms with van der Waals surface area (Å²) >= 11 is 1.82. The molecule has 0 saturated heterocycles. The first-order valence-electron chi connectivity index (χ1n) is 7.05. The summed E-state index contributed by atoms with van der Waals surface area (Å²) in [6.45, 7) is 2.17. The van der Waals surface area contributed by atoms with Crippen LogP contribution in [0.15, 0.2) is 53.9 Å². The van der Waals surface area contributed by atoms with Gasteiger partial charge in [-0.2, -0.15) is 0 Å². The fourth-order valence-corrected chi connectivity index (χ4v) is 4.04. The molecule has 2 heterocycles. The average Bonchev–Trinajstić information content (AvgIpc) is 2.93. The van der Waals surface area contributed by atoms with Crippen LogP contribution in [0.5, 0.6) is 0 Å². The smallest absolute Gasteiger partial charge is 0.0342 e. The van der Waals surface area contributed by atoms with Crippen molar-refractivity contribution in [1.29, 1.82) is 0 Å². The quantitative estimate of drug-likeness (QED) is 0.617. The van der Waals surface area contributed by atoms with Crippen molar-refractivity contribution in [3.63, 3.8) is 0 Å². The first kappa shape index (κ1) is 14.6. The second-order valence-corrected chi connectivity index (χ2v) is 6.61. The summed E-state index contributed by atoms with van der Waals surface area (Å²) in [5, 5.41) is 3.55. The standard InChI is InChI=1S/C18H17NS.ClH/c1-19-11-15-4-2-3-5-16(15)17(12-19)13-6-7-18-14(10-13)8-9-20-18;/h2-10,17H,11-12H2,1H3;1H. The van der Waals surface area contributed by atoms with E-state index in [2.05, 4.69) is 65.9 Å². The van der Waals surface area contributed by atoms with Crippen molar-refractivity contribution in [3.8, 4) is 0 Å². The van der Waals surface area contributed by atoms with Crippen LogP contribution in [-0.2, 0) is 6.54 Å². The van der Waals surface area contributed by atoms with Gasteiger partial charge < -0.3 is 4.90 Å². The minimum atomic E-state index is 0. The first-order chi connectivity index (χ1) is 9.81. The van der Waals surface area contributed by atoms with Gasteiger partial charge in [0.25, 0.3) is 0 Å². The molecule has 0 spiro atoms. The molecule has 0 fully saturated rings. The van der Waals surface area contributed by atoms with Crippen LogP contribution in [-0.4, -0.2) is 18.5 Å². The van der Waals surface area contributed by atoms with E-state index in [0.717, 1.165) is 13.1 Å². The highest BCUT2D eigenvalue weighted by Gasteiger charge is 2.24. The molecule has 1 aliphatic heterocycles. The Balaban J connectivity index is 0.00000132. The van der Waals surface area contributed by atoms with Gasteiger partial charge in [0.15, 0.2) is 0 Å². The molecule has 21 heavy (non-hydrogen) atoms. The van der Waals surface area contributed by atoms with Crippen molar-refractivity contribution < 1.29 is 0 Å². The van der Waals surface area contributed by atoms with Crippen LogP contribution in [0.3, 0.4) is 0 Å². The van der Waals surface area contributed by atoms with E-state index in [1.807, 2.05) is 11.3 Å². The third-order valence-electron chi connectivity index (χ3n) is 4.24. The average molecular weight is 316 g/mol. The molecule has 1 aromatic heterocycles. The van der Waals surface area contributed by atoms with Crippen molar-refractivity contribution in [3.05, 3.63) is 70.6 Å². The van der Waals surface area contributed by atoms with Gasteiger partial charge in [-0.05, 0) is 52.7 Å². The third kappa shape index (κ3) is 2.59. The molecule has 1 aliphatic rings. The van der Waals surface area contributed by atoms with Crippen LogP contribution in [0.1, 0.15) is 22.6 Å². The lowest BCUT2D eigenvalue weighted by atomic mass is 9.84. The largest absolute Gasteiger partial charge is 0.301 e. The maximum Gasteiger partial charge on any atom is 0.0342 e. The molecule has 1 atom stereocenters. The van der Waals surface area contributed by atoms with Gasteiger partial charge in [-0.1, -0.05) is 30.3 Å². The van der Waals surface area contributed by atoms with E-state index in [4.69, 9.17) is 0 Å². The Bertz CT molecular complexity index is 765. The van der Waals surface area contributed by atoms with Gasteiger partial charge in [0, 0.05) is 23.7 Å². The number of nitrogens with zero attached hydrogens (tertiary/aromatic N) is 1. The monoisotopic (exact) mass is 315 g/mol.